The van der Waals surface area contributed by atoms with Crippen molar-refractivity contribution in [3.05, 3.63) is 58.4 Å². The minimum atomic E-state index is -0.475. The van der Waals surface area contributed by atoms with Crippen LogP contribution in [0.1, 0.15) is 41.0 Å². The summed E-state index contributed by atoms with van der Waals surface area (Å²) in [6.07, 6.45) is 6.99. The number of imidazole rings is 1. The number of carbonyl (C=O) groups is 1. The van der Waals surface area contributed by atoms with E-state index in [2.05, 4.69) is 10.3 Å². The van der Waals surface area contributed by atoms with E-state index in [0.29, 0.717) is 36.9 Å². The second-order valence-corrected chi connectivity index (χ2v) is 7.44. The van der Waals surface area contributed by atoms with Crippen LogP contribution in [0.4, 0.5) is 5.69 Å². The van der Waals surface area contributed by atoms with Gasteiger partial charge in [0.15, 0.2) is 0 Å². The smallest absolute Gasteiger partial charge is 0.263 e. The molecule has 0 aromatic carbocycles. The summed E-state index contributed by atoms with van der Waals surface area (Å²) < 4.78 is 20.0. The van der Waals surface area contributed by atoms with Gasteiger partial charge in [-0.3, -0.25) is 9.59 Å². The number of methoxy groups -OCH3 is 1. The van der Waals surface area contributed by atoms with Crippen molar-refractivity contribution in [2.45, 2.75) is 25.0 Å². The Balaban J connectivity index is 1.45. The molecule has 5 rings (SSSR count). The van der Waals surface area contributed by atoms with Crippen molar-refractivity contribution in [3.63, 3.8) is 0 Å². The molecule has 1 aliphatic carbocycles. The Morgan fingerprint density at radius 2 is 2.17 bits per heavy atom. The van der Waals surface area contributed by atoms with E-state index in [4.69, 9.17) is 14.2 Å². The fraction of sp³-hybridized carbons (Fsp3) is 0.381. The van der Waals surface area contributed by atoms with Crippen LogP contribution in [-0.4, -0.2) is 46.8 Å². The molecule has 3 aromatic rings. The summed E-state index contributed by atoms with van der Waals surface area (Å²) in [6.45, 7) is 1.56. The molecule has 0 bridgehead atoms. The third-order valence-electron chi connectivity index (χ3n) is 5.35. The number of hydrogen-bond acceptors (Lipinski definition) is 6. The fourth-order valence-electron chi connectivity index (χ4n) is 3.62. The van der Waals surface area contributed by atoms with E-state index in [-0.39, 0.29) is 23.3 Å². The molecule has 0 radical (unpaired) electrons. The van der Waals surface area contributed by atoms with Gasteiger partial charge in [-0.2, -0.15) is 0 Å². The molecular formula is C21H22N4O5. The summed E-state index contributed by atoms with van der Waals surface area (Å²) in [5, 5.41) is 2.80. The molecule has 156 valence electrons. The van der Waals surface area contributed by atoms with Crippen molar-refractivity contribution in [1.82, 2.24) is 14.0 Å². The average molecular weight is 410 g/mol. The summed E-state index contributed by atoms with van der Waals surface area (Å²) >= 11 is 0. The molecule has 2 fully saturated rings. The van der Waals surface area contributed by atoms with E-state index in [1.165, 1.54) is 13.2 Å². The lowest BCUT2D eigenvalue weighted by Gasteiger charge is -2.20. The van der Waals surface area contributed by atoms with E-state index in [1.807, 2.05) is 6.20 Å². The maximum Gasteiger partial charge on any atom is 0.263 e. The fourth-order valence-corrected chi connectivity index (χ4v) is 3.62. The van der Waals surface area contributed by atoms with Crippen molar-refractivity contribution in [2.75, 3.05) is 32.2 Å². The Morgan fingerprint density at radius 3 is 2.90 bits per heavy atom. The first kappa shape index (κ1) is 18.8. The molecule has 1 atom stereocenters. The first-order chi connectivity index (χ1) is 14.6. The lowest BCUT2D eigenvalue weighted by Crippen LogP contribution is -2.28. The van der Waals surface area contributed by atoms with Gasteiger partial charge in [-0.15, -0.1) is 0 Å². The zero-order chi connectivity index (χ0) is 20.7. The highest BCUT2D eigenvalue weighted by atomic mass is 16.6. The number of aromatic nitrogens is 3. The summed E-state index contributed by atoms with van der Waals surface area (Å²) in [5.41, 5.74) is 1.67. The molecule has 9 nitrogen and oxygen atoms in total. The molecule has 9 heteroatoms. The van der Waals surface area contributed by atoms with E-state index in [9.17, 15) is 9.59 Å². The van der Waals surface area contributed by atoms with Crippen LogP contribution in [0.15, 0.2) is 41.6 Å². The first-order valence-electron chi connectivity index (χ1n) is 9.92. The van der Waals surface area contributed by atoms with E-state index >= 15 is 0 Å². The Kier molecular flexibility index (Phi) is 4.76. The quantitative estimate of drug-likeness (QED) is 0.693. The third-order valence-corrected chi connectivity index (χ3v) is 5.35. The van der Waals surface area contributed by atoms with Gasteiger partial charge in [0, 0.05) is 30.7 Å². The SMILES string of the molecule is COc1cc2nc(C3COCCO3)cn2cc1NC(=O)c1cccn(C2CC2)c1=O. The third kappa shape index (κ3) is 3.46. The molecule has 3 aromatic heterocycles. The number of nitrogens with one attached hydrogen (secondary N) is 1. The monoisotopic (exact) mass is 410 g/mol. The predicted molar refractivity (Wildman–Crippen MR) is 108 cm³/mol. The second kappa shape index (κ2) is 7.58. The van der Waals surface area contributed by atoms with E-state index in [0.717, 1.165) is 18.5 Å². The van der Waals surface area contributed by atoms with Crippen LogP contribution in [0.3, 0.4) is 0 Å². The van der Waals surface area contributed by atoms with Crippen molar-refractivity contribution >= 4 is 17.2 Å². The highest BCUT2D eigenvalue weighted by molar-refractivity contribution is 6.04. The maximum atomic E-state index is 12.8. The summed E-state index contributed by atoms with van der Waals surface area (Å²) in [6, 6.07) is 5.20. The molecule has 1 saturated carbocycles. The number of rotatable bonds is 5. The number of ether oxygens (including phenoxy) is 3. The molecule has 1 saturated heterocycles. The number of anilines is 1. The average Bonchev–Trinajstić information content (AvgIpc) is 3.52. The highest BCUT2D eigenvalue weighted by Gasteiger charge is 2.26. The van der Waals surface area contributed by atoms with Crippen molar-refractivity contribution in [3.8, 4) is 5.75 Å². The molecule has 30 heavy (non-hydrogen) atoms. The van der Waals surface area contributed by atoms with Gasteiger partial charge < -0.3 is 28.5 Å². The number of nitrogens with zero attached hydrogens (tertiary/aromatic N) is 3. The first-order valence-corrected chi connectivity index (χ1v) is 9.92. The second-order valence-electron chi connectivity index (χ2n) is 7.44. The summed E-state index contributed by atoms with van der Waals surface area (Å²) in [7, 11) is 1.52. The highest BCUT2D eigenvalue weighted by Crippen LogP contribution is 2.33. The minimum absolute atomic E-state index is 0.102. The van der Waals surface area contributed by atoms with Crippen molar-refractivity contribution < 1.29 is 19.0 Å². The zero-order valence-corrected chi connectivity index (χ0v) is 16.5. The molecule has 2 aliphatic rings. The molecule has 1 unspecified atom stereocenters. The summed E-state index contributed by atoms with van der Waals surface area (Å²) in [5.74, 6) is -0.0238. The summed E-state index contributed by atoms with van der Waals surface area (Å²) in [4.78, 5) is 30.1. The minimum Gasteiger partial charge on any atom is -0.494 e. The van der Waals surface area contributed by atoms with Crippen LogP contribution in [0.2, 0.25) is 0 Å². The van der Waals surface area contributed by atoms with Gasteiger partial charge in [0.1, 0.15) is 28.8 Å². The van der Waals surface area contributed by atoms with Gasteiger partial charge in [-0.25, -0.2) is 4.98 Å². The lowest BCUT2D eigenvalue weighted by molar-refractivity contribution is -0.0916. The molecule has 4 heterocycles. The molecule has 0 spiro atoms. The van der Waals surface area contributed by atoms with Gasteiger partial charge in [0.2, 0.25) is 0 Å². The Labute approximate surface area is 172 Å². The van der Waals surface area contributed by atoms with Crippen LogP contribution in [-0.2, 0) is 9.47 Å². The maximum absolute atomic E-state index is 12.8. The van der Waals surface area contributed by atoms with Crippen LogP contribution in [0.5, 0.6) is 5.75 Å². The topological polar surface area (TPSA) is 96.1 Å². The van der Waals surface area contributed by atoms with Gasteiger partial charge >= 0.3 is 0 Å². The molecule has 1 amide bonds. The van der Waals surface area contributed by atoms with Crippen molar-refractivity contribution in [2.24, 2.45) is 0 Å². The van der Waals surface area contributed by atoms with Gasteiger partial charge in [0.25, 0.3) is 11.5 Å². The molecule has 1 N–H and O–H groups in total. The van der Waals surface area contributed by atoms with Crippen LogP contribution >= 0.6 is 0 Å². The number of carbonyl (C=O) groups excluding carboxylic acids is 1. The normalized spacial score (nSPS) is 19.0. The number of fused-ring (bicyclic) bond motifs is 1. The number of pyridine rings is 2. The van der Waals surface area contributed by atoms with Crippen molar-refractivity contribution in [1.29, 1.82) is 0 Å². The molecular weight excluding hydrogens is 388 g/mol. The number of amides is 1. The molecule has 1 aliphatic heterocycles. The van der Waals surface area contributed by atoms with E-state index in [1.54, 1.807) is 33.5 Å². The largest absolute Gasteiger partial charge is 0.494 e. The van der Waals surface area contributed by atoms with Crippen LogP contribution in [0, 0.1) is 0 Å². The van der Waals surface area contributed by atoms with E-state index < -0.39 is 5.91 Å². The van der Waals surface area contributed by atoms with Crippen LogP contribution in [0.25, 0.3) is 5.65 Å². The Morgan fingerprint density at radius 1 is 1.30 bits per heavy atom. The Bertz CT molecular complexity index is 1160. The Hall–Kier alpha value is -3.17. The zero-order valence-electron chi connectivity index (χ0n) is 16.5. The van der Waals surface area contributed by atoms with Gasteiger partial charge in [-0.1, -0.05) is 0 Å². The number of hydrogen-bond donors (Lipinski definition) is 1. The van der Waals surface area contributed by atoms with Gasteiger partial charge in [0.05, 0.1) is 32.6 Å². The lowest BCUT2D eigenvalue weighted by atomic mass is 10.2. The van der Waals surface area contributed by atoms with Gasteiger partial charge in [-0.05, 0) is 25.0 Å². The predicted octanol–water partition coefficient (Wildman–Crippen LogP) is 2.18. The van der Waals surface area contributed by atoms with Crippen LogP contribution < -0.4 is 15.6 Å². The standard InChI is InChI=1S/C21H22N4O5/c1-28-17-9-19-22-16(18-12-29-7-8-30-18)11-24(19)10-15(17)23-20(26)14-3-2-6-25(21(14)27)13-4-5-13/h2-3,6,9-11,13,18H,4-5,7-8,12H2,1H3,(H,23,26).